The zero-order valence-corrected chi connectivity index (χ0v) is 12.9. The number of hydrogen-bond donors (Lipinski definition) is 0. The van der Waals surface area contributed by atoms with Crippen LogP contribution in [0, 0.1) is 11.3 Å². The van der Waals surface area contributed by atoms with Gasteiger partial charge in [-0.05, 0) is 43.5 Å². The Hall–Kier alpha value is -1.99. The number of rotatable bonds is 4. The van der Waals surface area contributed by atoms with Crippen LogP contribution in [-0.2, 0) is 4.79 Å². The van der Waals surface area contributed by atoms with Crippen LogP contribution < -0.4 is 4.74 Å². The van der Waals surface area contributed by atoms with Crippen LogP contribution in [0.1, 0.15) is 24.8 Å². The van der Waals surface area contributed by atoms with E-state index in [9.17, 15) is 10.1 Å². The van der Waals surface area contributed by atoms with Crippen molar-refractivity contribution >= 4 is 23.6 Å². The van der Waals surface area contributed by atoms with Crippen LogP contribution in [0.15, 0.2) is 24.3 Å². The molecule has 0 bridgehead atoms. The highest BCUT2D eigenvalue weighted by molar-refractivity contribution is 6.30. The molecule has 4 nitrogen and oxygen atoms in total. The van der Waals surface area contributed by atoms with Crippen molar-refractivity contribution in [3.63, 3.8) is 0 Å². The van der Waals surface area contributed by atoms with E-state index >= 15 is 0 Å². The van der Waals surface area contributed by atoms with E-state index in [1.807, 2.05) is 0 Å². The highest BCUT2D eigenvalue weighted by atomic mass is 35.5. The smallest absolute Gasteiger partial charge is 0.247 e. The van der Waals surface area contributed by atoms with Gasteiger partial charge in [0.25, 0.3) is 0 Å². The first-order valence-electron chi connectivity index (χ1n) is 6.73. The van der Waals surface area contributed by atoms with Crippen LogP contribution in [0.5, 0.6) is 5.75 Å². The topological polar surface area (TPSA) is 53.3 Å². The van der Waals surface area contributed by atoms with E-state index in [-0.39, 0.29) is 5.91 Å². The molecular formula is C16H17ClN2O2. The summed E-state index contributed by atoms with van der Waals surface area (Å²) in [5, 5.41) is 9.83. The Morgan fingerprint density at radius 1 is 1.52 bits per heavy atom. The normalized spacial score (nSPS) is 16.1. The quantitative estimate of drug-likeness (QED) is 0.802. The van der Waals surface area contributed by atoms with Crippen molar-refractivity contribution in [2.24, 2.45) is 0 Å². The van der Waals surface area contributed by atoms with Gasteiger partial charge in [0.15, 0.2) is 0 Å². The molecule has 0 aromatic heterocycles. The van der Waals surface area contributed by atoms with Gasteiger partial charge in [0.2, 0.25) is 5.91 Å². The lowest BCUT2D eigenvalue weighted by atomic mass is 9.76. The minimum absolute atomic E-state index is 0.196. The number of carbonyl (C=O) groups excluding carboxylic acids is 1. The van der Waals surface area contributed by atoms with Gasteiger partial charge in [-0.2, -0.15) is 5.26 Å². The summed E-state index contributed by atoms with van der Waals surface area (Å²) in [6.45, 7) is 0. The summed E-state index contributed by atoms with van der Waals surface area (Å²) in [5.41, 5.74) is 0.0891. The van der Waals surface area contributed by atoms with Gasteiger partial charge >= 0.3 is 0 Å². The second-order valence-electron chi connectivity index (χ2n) is 5.11. The van der Waals surface area contributed by atoms with Crippen molar-refractivity contribution in [3.05, 3.63) is 34.9 Å². The predicted octanol–water partition coefficient (Wildman–Crippen LogP) is 3.27. The second kappa shape index (κ2) is 6.19. The van der Waals surface area contributed by atoms with Crippen molar-refractivity contribution < 1.29 is 9.53 Å². The minimum atomic E-state index is -0.639. The van der Waals surface area contributed by atoms with E-state index < -0.39 is 5.54 Å². The number of benzene rings is 1. The first kappa shape index (κ1) is 15.4. The first-order valence-corrected chi connectivity index (χ1v) is 7.11. The number of methoxy groups -OCH3 is 1. The third kappa shape index (κ3) is 3.03. The van der Waals surface area contributed by atoms with Gasteiger partial charge in [-0.25, -0.2) is 0 Å². The van der Waals surface area contributed by atoms with Crippen molar-refractivity contribution in [2.75, 3.05) is 14.2 Å². The molecule has 0 spiro atoms. The number of nitrogens with zero attached hydrogens (tertiary/aromatic N) is 2. The van der Waals surface area contributed by atoms with Crippen LogP contribution in [0.2, 0.25) is 5.02 Å². The van der Waals surface area contributed by atoms with E-state index in [0.29, 0.717) is 10.8 Å². The number of nitriles is 1. The summed E-state index contributed by atoms with van der Waals surface area (Å²) in [6, 6.07) is 7.46. The number of halogens is 1. The summed E-state index contributed by atoms with van der Waals surface area (Å²) in [4.78, 5) is 13.7. The standard InChI is InChI=1S/C16H17ClN2O2/c1-19(16(11-18)8-3-9-16)15(20)7-4-12-10-13(17)5-6-14(12)21-2/h4-7,10H,3,8-9H2,1-2H3/b7-4+. The highest BCUT2D eigenvalue weighted by Crippen LogP contribution is 2.36. The number of carbonyl (C=O) groups is 1. The lowest BCUT2D eigenvalue weighted by Gasteiger charge is -2.42. The highest BCUT2D eigenvalue weighted by Gasteiger charge is 2.42. The Kier molecular flexibility index (Phi) is 4.54. The van der Waals surface area contributed by atoms with E-state index in [4.69, 9.17) is 16.3 Å². The summed E-state index contributed by atoms with van der Waals surface area (Å²) < 4.78 is 5.23. The van der Waals surface area contributed by atoms with Crippen molar-refractivity contribution in [1.82, 2.24) is 4.90 Å². The average Bonchev–Trinajstić information content (AvgIpc) is 2.44. The van der Waals surface area contributed by atoms with Crippen LogP contribution in [0.3, 0.4) is 0 Å². The van der Waals surface area contributed by atoms with Crippen LogP contribution in [0.25, 0.3) is 6.08 Å². The third-order valence-electron chi connectivity index (χ3n) is 3.96. The fraction of sp³-hybridized carbons (Fsp3) is 0.375. The fourth-order valence-corrected chi connectivity index (χ4v) is 2.53. The maximum absolute atomic E-state index is 12.2. The van der Waals surface area contributed by atoms with E-state index in [0.717, 1.165) is 24.8 Å². The molecule has 0 atom stereocenters. The largest absolute Gasteiger partial charge is 0.496 e. The Bertz CT molecular complexity index is 615. The van der Waals surface area contributed by atoms with Crippen molar-refractivity contribution in [3.8, 4) is 11.8 Å². The number of amides is 1. The molecular weight excluding hydrogens is 288 g/mol. The van der Waals surface area contributed by atoms with Crippen LogP contribution in [-0.4, -0.2) is 30.5 Å². The molecule has 0 unspecified atom stereocenters. The molecule has 0 N–H and O–H groups in total. The Labute approximate surface area is 129 Å². The van der Waals surface area contributed by atoms with Crippen molar-refractivity contribution in [2.45, 2.75) is 24.8 Å². The molecule has 0 aliphatic heterocycles. The summed E-state index contributed by atoms with van der Waals surface area (Å²) in [6.07, 6.45) is 5.57. The lowest BCUT2D eigenvalue weighted by molar-refractivity contribution is -0.130. The van der Waals surface area contributed by atoms with Gasteiger partial charge < -0.3 is 9.64 Å². The molecule has 2 rings (SSSR count). The van der Waals surface area contributed by atoms with Gasteiger partial charge in [-0.3, -0.25) is 4.79 Å². The van der Waals surface area contributed by atoms with Gasteiger partial charge in [-0.1, -0.05) is 11.6 Å². The number of likely N-dealkylation sites (N-methyl/N-ethyl adjacent to an activating group) is 1. The SMILES string of the molecule is COc1ccc(Cl)cc1/C=C/C(=O)N(C)C1(C#N)CCC1. The lowest BCUT2D eigenvalue weighted by Crippen LogP contribution is -2.52. The minimum Gasteiger partial charge on any atom is -0.496 e. The molecule has 0 saturated heterocycles. The zero-order chi connectivity index (χ0) is 15.5. The maximum Gasteiger partial charge on any atom is 0.247 e. The number of ether oxygens (including phenoxy) is 1. The Balaban J connectivity index is 2.16. The molecule has 5 heteroatoms. The maximum atomic E-state index is 12.2. The molecule has 0 radical (unpaired) electrons. The molecule has 110 valence electrons. The second-order valence-corrected chi connectivity index (χ2v) is 5.55. The molecule has 1 amide bonds. The third-order valence-corrected chi connectivity index (χ3v) is 4.19. The predicted molar refractivity (Wildman–Crippen MR) is 82.0 cm³/mol. The molecule has 1 aliphatic carbocycles. The molecule has 1 fully saturated rings. The van der Waals surface area contributed by atoms with Gasteiger partial charge in [0.1, 0.15) is 11.3 Å². The van der Waals surface area contributed by atoms with E-state index in [2.05, 4.69) is 6.07 Å². The zero-order valence-electron chi connectivity index (χ0n) is 12.1. The molecule has 1 aliphatic rings. The van der Waals surface area contributed by atoms with E-state index in [1.54, 1.807) is 38.4 Å². The molecule has 1 aromatic carbocycles. The number of hydrogen-bond acceptors (Lipinski definition) is 3. The van der Waals surface area contributed by atoms with Crippen LogP contribution in [0.4, 0.5) is 0 Å². The first-order chi connectivity index (χ1) is 10.0. The fourth-order valence-electron chi connectivity index (χ4n) is 2.35. The molecule has 21 heavy (non-hydrogen) atoms. The van der Waals surface area contributed by atoms with Gasteiger partial charge in [-0.15, -0.1) is 0 Å². The summed E-state index contributed by atoms with van der Waals surface area (Å²) in [7, 11) is 3.23. The van der Waals surface area contributed by atoms with Crippen molar-refractivity contribution in [1.29, 1.82) is 5.26 Å². The van der Waals surface area contributed by atoms with Gasteiger partial charge in [0, 0.05) is 23.7 Å². The monoisotopic (exact) mass is 304 g/mol. The van der Waals surface area contributed by atoms with Gasteiger partial charge in [0.05, 0.1) is 13.2 Å². The van der Waals surface area contributed by atoms with Crippen LogP contribution >= 0.6 is 11.6 Å². The molecule has 1 saturated carbocycles. The summed E-state index contributed by atoms with van der Waals surface area (Å²) >= 11 is 5.95. The molecule has 1 aromatic rings. The summed E-state index contributed by atoms with van der Waals surface area (Å²) in [5.74, 6) is 0.447. The average molecular weight is 305 g/mol. The molecule has 0 heterocycles. The Morgan fingerprint density at radius 2 is 2.24 bits per heavy atom. The van der Waals surface area contributed by atoms with E-state index in [1.165, 1.54) is 11.0 Å². The Morgan fingerprint density at radius 3 is 2.76 bits per heavy atom.